The number of hydrogen-bond acceptors (Lipinski definition) is 6. The number of aromatic nitrogens is 2. The largest absolute Gasteiger partial charge is 0.446 e. The molecule has 2 heterocycles. The van der Waals surface area contributed by atoms with Crippen molar-refractivity contribution >= 4 is 28.8 Å². The number of carbonyl (C=O) groups is 3. The fourth-order valence-electron chi connectivity index (χ4n) is 7.20. The summed E-state index contributed by atoms with van der Waals surface area (Å²) < 4.78 is 45.0. The number of ketones is 1. The van der Waals surface area contributed by atoms with Gasteiger partial charge in [0.05, 0.1) is 22.6 Å². The molecule has 1 aliphatic heterocycles. The average Bonchev–Trinajstić information content (AvgIpc) is 3.64. The van der Waals surface area contributed by atoms with E-state index in [-0.39, 0.29) is 41.1 Å². The molecular formula is C36H51F3N4O5. The molecule has 9 nitrogen and oxygen atoms in total. The molecule has 1 aromatic carbocycles. The van der Waals surface area contributed by atoms with E-state index in [0.29, 0.717) is 30.6 Å². The van der Waals surface area contributed by atoms with Crippen molar-refractivity contribution in [1.29, 1.82) is 0 Å². The Hall–Kier alpha value is -3.44. The predicted octanol–water partition coefficient (Wildman–Crippen LogP) is 7.21. The van der Waals surface area contributed by atoms with Crippen LogP contribution in [0.15, 0.2) is 23.0 Å². The minimum atomic E-state index is -4.50. The number of amides is 2. The molecule has 4 rings (SSSR count). The number of unbranched alkanes of at least 4 members (excludes halogenated alkanes) is 2. The zero-order valence-electron chi connectivity index (χ0n) is 29.0. The summed E-state index contributed by atoms with van der Waals surface area (Å²) in [5, 5.41) is 2.87. The molecule has 2 amide bonds. The van der Waals surface area contributed by atoms with Crippen LogP contribution >= 0.6 is 0 Å². The minimum absolute atomic E-state index is 0.0553. The number of ether oxygens (including phenoxy) is 1. The molecule has 2 N–H and O–H groups in total. The second kappa shape index (κ2) is 15.4. The first-order valence-corrected chi connectivity index (χ1v) is 17.4. The van der Waals surface area contributed by atoms with Gasteiger partial charge >= 0.3 is 12.3 Å². The lowest BCUT2D eigenvalue weighted by Crippen LogP contribution is -2.58. The van der Waals surface area contributed by atoms with Crippen molar-refractivity contribution in [1.82, 2.24) is 20.2 Å². The number of carbonyl (C=O) groups excluding carboxylic acids is 3. The summed E-state index contributed by atoms with van der Waals surface area (Å²) in [5.74, 6) is -0.0979. The standard InChI is InChI=1S/C36H51F3N4O5/c1-7-22-18-19-43(29(22)30(44)21(2)3)33(46)31(35(4,5)6)42-34(47)48-28-15-11-13-23(28)12-9-8-10-14-26-32(45)41-27-20-24(36(37,38)39)16-17-25(27)40-26/h16-17,20-23,28-29,31H,7-15,18-19H2,1-6H3,(H,41,45)(H,42,47). The van der Waals surface area contributed by atoms with Gasteiger partial charge in [-0.3, -0.25) is 14.4 Å². The predicted molar refractivity (Wildman–Crippen MR) is 177 cm³/mol. The average molecular weight is 677 g/mol. The van der Waals surface area contributed by atoms with Gasteiger partial charge in [-0.1, -0.05) is 60.8 Å². The highest BCUT2D eigenvalue weighted by molar-refractivity contribution is 5.94. The molecule has 1 aromatic heterocycles. The number of alkyl carbamates (subject to hydrolysis) is 1. The highest BCUT2D eigenvalue weighted by atomic mass is 19.4. The molecule has 0 spiro atoms. The van der Waals surface area contributed by atoms with E-state index >= 15 is 0 Å². The summed E-state index contributed by atoms with van der Waals surface area (Å²) >= 11 is 0. The van der Waals surface area contributed by atoms with Gasteiger partial charge < -0.3 is 19.9 Å². The van der Waals surface area contributed by atoms with Gasteiger partial charge in [-0.05, 0) is 80.4 Å². The molecule has 0 radical (unpaired) electrons. The van der Waals surface area contributed by atoms with E-state index in [1.807, 2.05) is 41.5 Å². The van der Waals surface area contributed by atoms with E-state index in [4.69, 9.17) is 4.74 Å². The van der Waals surface area contributed by atoms with E-state index in [1.165, 1.54) is 6.07 Å². The van der Waals surface area contributed by atoms with Crippen LogP contribution in [0.5, 0.6) is 0 Å². The SMILES string of the molecule is CCC1CCN(C(=O)C(NC(=O)OC2CCCC2CCCCCc2nc3ccc(C(F)(F)F)cc3[nH]c2=O)C(C)(C)C)C1C(=O)C(C)C. The second-order valence-electron chi connectivity index (χ2n) is 14.9. The van der Waals surface area contributed by atoms with Crippen LogP contribution in [0.3, 0.4) is 0 Å². The summed E-state index contributed by atoms with van der Waals surface area (Å²) in [7, 11) is 0. The lowest BCUT2D eigenvalue weighted by molar-refractivity contribution is -0.143. The summed E-state index contributed by atoms with van der Waals surface area (Å²) in [6.07, 6.45) is 2.38. The van der Waals surface area contributed by atoms with Gasteiger partial charge in [0, 0.05) is 12.5 Å². The Bertz CT molecular complexity index is 1520. The molecule has 1 aliphatic carbocycles. The summed E-state index contributed by atoms with van der Waals surface area (Å²) in [4.78, 5) is 61.3. The number of aromatic amines is 1. The lowest BCUT2D eigenvalue weighted by Gasteiger charge is -2.36. The number of benzene rings is 1. The molecule has 0 bridgehead atoms. The fraction of sp³-hybridized carbons (Fsp3) is 0.694. The van der Waals surface area contributed by atoms with Gasteiger partial charge in [0.15, 0.2) is 5.78 Å². The Balaban J connectivity index is 1.29. The molecule has 5 unspecified atom stereocenters. The number of Topliss-reactive ketones (excluding diaryl/α,β-unsaturated/α-hetero) is 1. The topological polar surface area (TPSA) is 121 Å². The van der Waals surface area contributed by atoms with E-state index in [9.17, 15) is 32.3 Å². The number of aryl methyl sites for hydroxylation is 1. The highest BCUT2D eigenvalue weighted by Crippen LogP contribution is 2.35. The van der Waals surface area contributed by atoms with Crippen LogP contribution in [-0.4, -0.2) is 57.4 Å². The number of halogens is 3. The number of rotatable bonds is 12. The van der Waals surface area contributed by atoms with Crippen molar-refractivity contribution in [3.8, 4) is 0 Å². The maximum absolute atomic E-state index is 13.9. The third-order valence-electron chi connectivity index (χ3n) is 9.99. The summed E-state index contributed by atoms with van der Waals surface area (Å²) in [6.45, 7) is 11.9. The molecule has 1 saturated carbocycles. The van der Waals surface area contributed by atoms with Crippen LogP contribution in [0.1, 0.15) is 111 Å². The van der Waals surface area contributed by atoms with E-state index in [2.05, 4.69) is 15.3 Å². The Labute approximate surface area is 280 Å². The number of fused-ring (bicyclic) bond motifs is 1. The van der Waals surface area contributed by atoms with Gasteiger partial charge in [-0.15, -0.1) is 0 Å². The van der Waals surface area contributed by atoms with Gasteiger partial charge in [0.1, 0.15) is 17.8 Å². The lowest BCUT2D eigenvalue weighted by atomic mass is 9.84. The Morgan fingerprint density at radius 1 is 1.06 bits per heavy atom. The highest BCUT2D eigenvalue weighted by Gasteiger charge is 2.46. The quantitative estimate of drug-likeness (QED) is 0.229. The normalized spacial score (nSPS) is 22.3. The molecule has 48 heavy (non-hydrogen) atoms. The van der Waals surface area contributed by atoms with Crippen molar-refractivity contribution in [3.05, 3.63) is 39.8 Å². The third kappa shape index (κ3) is 8.96. The zero-order valence-corrected chi connectivity index (χ0v) is 29.0. The van der Waals surface area contributed by atoms with Gasteiger partial charge in [-0.2, -0.15) is 13.2 Å². The van der Waals surface area contributed by atoms with E-state index < -0.39 is 40.9 Å². The first-order chi connectivity index (χ1) is 22.5. The van der Waals surface area contributed by atoms with Crippen LogP contribution in [0.4, 0.5) is 18.0 Å². The Kier molecular flexibility index (Phi) is 12.0. The van der Waals surface area contributed by atoms with Crippen molar-refractivity contribution in [2.45, 2.75) is 130 Å². The Morgan fingerprint density at radius 2 is 1.79 bits per heavy atom. The van der Waals surface area contributed by atoms with Crippen molar-refractivity contribution in [2.24, 2.45) is 23.2 Å². The first-order valence-electron chi connectivity index (χ1n) is 17.4. The number of nitrogens with zero attached hydrogens (tertiary/aromatic N) is 2. The van der Waals surface area contributed by atoms with Crippen molar-refractivity contribution < 1.29 is 32.3 Å². The minimum Gasteiger partial charge on any atom is -0.446 e. The van der Waals surface area contributed by atoms with Crippen LogP contribution < -0.4 is 10.9 Å². The van der Waals surface area contributed by atoms with Crippen molar-refractivity contribution in [3.63, 3.8) is 0 Å². The Morgan fingerprint density at radius 3 is 2.44 bits per heavy atom. The van der Waals surface area contributed by atoms with E-state index in [0.717, 1.165) is 63.5 Å². The molecule has 2 aliphatic rings. The van der Waals surface area contributed by atoms with Crippen LogP contribution in [0.25, 0.3) is 11.0 Å². The maximum atomic E-state index is 13.9. The monoisotopic (exact) mass is 676 g/mol. The molecule has 2 aromatic rings. The fourth-order valence-corrected chi connectivity index (χ4v) is 7.20. The van der Waals surface area contributed by atoms with Crippen LogP contribution in [-0.2, 0) is 26.9 Å². The number of alkyl halides is 3. The zero-order chi connectivity index (χ0) is 35.4. The van der Waals surface area contributed by atoms with Gasteiger partial charge in [-0.25, -0.2) is 9.78 Å². The second-order valence-corrected chi connectivity index (χ2v) is 14.9. The molecule has 5 atom stereocenters. The molecular weight excluding hydrogens is 625 g/mol. The number of H-pyrrole nitrogens is 1. The number of hydrogen-bond donors (Lipinski definition) is 2. The number of nitrogens with one attached hydrogen (secondary N) is 2. The van der Waals surface area contributed by atoms with Crippen molar-refractivity contribution in [2.75, 3.05) is 6.54 Å². The van der Waals surface area contributed by atoms with Crippen LogP contribution in [0, 0.1) is 23.2 Å². The molecule has 1 saturated heterocycles. The van der Waals surface area contributed by atoms with Crippen LogP contribution in [0.2, 0.25) is 0 Å². The molecule has 266 valence electrons. The first kappa shape index (κ1) is 37.4. The van der Waals surface area contributed by atoms with E-state index in [1.54, 1.807) is 4.90 Å². The third-order valence-corrected chi connectivity index (χ3v) is 9.99. The molecule has 12 heteroatoms. The maximum Gasteiger partial charge on any atom is 0.416 e. The van der Waals surface area contributed by atoms with Gasteiger partial charge in [0.2, 0.25) is 5.91 Å². The summed E-state index contributed by atoms with van der Waals surface area (Å²) in [5.41, 5.74) is -1.26. The number of likely N-dealkylation sites (tertiary alicyclic amines) is 1. The smallest absolute Gasteiger partial charge is 0.416 e. The molecule has 2 fully saturated rings. The van der Waals surface area contributed by atoms with Gasteiger partial charge in [0.25, 0.3) is 5.56 Å². The summed E-state index contributed by atoms with van der Waals surface area (Å²) in [6, 6.07) is 1.80.